The van der Waals surface area contributed by atoms with Crippen LogP contribution in [0.1, 0.15) is 36.7 Å². The monoisotopic (exact) mass is 255 g/mol. The van der Waals surface area contributed by atoms with Crippen molar-refractivity contribution in [3.05, 3.63) is 35.1 Å². The standard InChI is InChI=1S/C12H14FNO2S/c1-12(2,3)17(16)14-7-10-6-9(8-15)4-5-11(10)13/h4-8H,1-3H3/b14-7+/t17-/m1/s1. The molecule has 0 N–H and O–H groups in total. The highest BCUT2D eigenvalue weighted by Crippen LogP contribution is 2.17. The Hall–Kier alpha value is -1.20. The predicted octanol–water partition coefficient (Wildman–Crippen LogP) is 2.52. The van der Waals surface area contributed by atoms with Gasteiger partial charge in [0.15, 0.2) is 0 Å². The van der Waals surface area contributed by atoms with Crippen LogP contribution in [0.5, 0.6) is 0 Å². The van der Waals surface area contributed by atoms with E-state index in [1.165, 1.54) is 24.4 Å². The van der Waals surface area contributed by atoms with Crippen molar-refractivity contribution in [1.29, 1.82) is 0 Å². The average molecular weight is 255 g/mol. The minimum atomic E-state index is -1.44. The number of carbonyl (C=O) groups excluding carboxylic acids is 1. The smallest absolute Gasteiger partial charge is 0.150 e. The first kappa shape index (κ1) is 13.9. The molecule has 0 aliphatic carbocycles. The predicted molar refractivity (Wildman–Crippen MR) is 67.3 cm³/mol. The molecule has 0 fully saturated rings. The SMILES string of the molecule is CC(C)(C)[S@@+]([O-])/N=C/c1cc(C=O)ccc1F. The molecule has 0 heterocycles. The summed E-state index contributed by atoms with van der Waals surface area (Å²) in [6, 6.07) is 3.93. The lowest BCUT2D eigenvalue weighted by Gasteiger charge is -2.17. The van der Waals surface area contributed by atoms with E-state index in [2.05, 4.69) is 4.40 Å². The van der Waals surface area contributed by atoms with Gasteiger partial charge in [0, 0.05) is 11.1 Å². The third kappa shape index (κ3) is 3.94. The molecule has 17 heavy (non-hydrogen) atoms. The van der Waals surface area contributed by atoms with Gasteiger partial charge >= 0.3 is 0 Å². The summed E-state index contributed by atoms with van der Waals surface area (Å²) in [6.45, 7) is 5.33. The molecule has 0 unspecified atom stereocenters. The van der Waals surface area contributed by atoms with Gasteiger partial charge in [-0.1, -0.05) is 4.40 Å². The van der Waals surface area contributed by atoms with E-state index in [9.17, 15) is 13.7 Å². The van der Waals surface area contributed by atoms with Crippen molar-refractivity contribution in [3.8, 4) is 0 Å². The zero-order valence-corrected chi connectivity index (χ0v) is 10.8. The van der Waals surface area contributed by atoms with Gasteiger partial charge in [-0.3, -0.25) is 4.79 Å². The summed E-state index contributed by atoms with van der Waals surface area (Å²) >= 11 is -1.44. The molecular weight excluding hydrogens is 241 g/mol. The van der Waals surface area contributed by atoms with Gasteiger partial charge in [-0.15, -0.1) is 0 Å². The van der Waals surface area contributed by atoms with Crippen LogP contribution in [0, 0.1) is 5.82 Å². The van der Waals surface area contributed by atoms with E-state index < -0.39 is 21.9 Å². The Balaban J connectivity index is 2.95. The zero-order valence-electron chi connectivity index (χ0n) is 9.94. The number of rotatable bonds is 3. The number of benzene rings is 1. The summed E-state index contributed by atoms with van der Waals surface area (Å²) < 4.78 is 28.3. The second-order valence-corrected chi connectivity index (χ2v) is 6.43. The van der Waals surface area contributed by atoms with Crippen LogP contribution in [-0.2, 0) is 11.4 Å². The van der Waals surface area contributed by atoms with Gasteiger partial charge in [0.2, 0.25) is 0 Å². The molecule has 3 nitrogen and oxygen atoms in total. The van der Waals surface area contributed by atoms with Crippen molar-refractivity contribution in [2.75, 3.05) is 0 Å². The molecule has 0 aliphatic heterocycles. The first-order valence-electron chi connectivity index (χ1n) is 5.05. The highest BCUT2D eigenvalue weighted by Gasteiger charge is 2.25. The summed E-state index contributed by atoms with van der Waals surface area (Å²) in [7, 11) is 0. The van der Waals surface area contributed by atoms with Crippen LogP contribution in [0.3, 0.4) is 0 Å². The largest absolute Gasteiger partial charge is 0.591 e. The molecule has 0 aromatic heterocycles. The second-order valence-electron chi connectivity index (χ2n) is 4.49. The van der Waals surface area contributed by atoms with E-state index in [-0.39, 0.29) is 5.56 Å². The Morgan fingerprint density at radius 2 is 2.06 bits per heavy atom. The fourth-order valence-corrected chi connectivity index (χ4v) is 1.52. The van der Waals surface area contributed by atoms with Crippen LogP contribution in [0.15, 0.2) is 22.6 Å². The maximum absolute atomic E-state index is 13.3. The number of hydrogen-bond acceptors (Lipinski definition) is 3. The van der Waals surface area contributed by atoms with Crippen molar-refractivity contribution >= 4 is 23.9 Å². The van der Waals surface area contributed by atoms with E-state index in [1.807, 2.05) is 0 Å². The Morgan fingerprint density at radius 1 is 1.41 bits per heavy atom. The summed E-state index contributed by atoms with van der Waals surface area (Å²) in [4.78, 5) is 10.5. The molecule has 5 heteroatoms. The third-order valence-electron chi connectivity index (χ3n) is 1.97. The molecule has 0 spiro atoms. The number of halogens is 1. The van der Waals surface area contributed by atoms with Gasteiger partial charge in [0.1, 0.15) is 28.2 Å². The van der Waals surface area contributed by atoms with Crippen molar-refractivity contribution in [1.82, 2.24) is 0 Å². The number of carbonyl (C=O) groups is 1. The summed E-state index contributed by atoms with van der Waals surface area (Å²) in [5.41, 5.74) is 0.515. The van der Waals surface area contributed by atoms with Crippen LogP contribution in [0.25, 0.3) is 0 Å². The van der Waals surface area contributed by atoms with Crippen LogP contribution in [-0.4, -0.2) is 21.8 Å². The van der Waals surface area contributed by atoms with Gasteiger partial charge in [-0.2, -0.15) is 0 Å². The molecule has 92 valence electrons. The molecule has 0 saturated heterocycles. The minimum Gasteiger partial charge on any atom is -0.591 e. The molecule has 0 saturated carbocycles. The van der Waals surface area contributed by atoms with Gasteiger partial charge in [-0.05, 0) is 39.0 Å². The lowest BCUT2D eigenvalue weighted by atomic mass is 10.1. The first-order valence-corrected chi connectivity index (χ1v) is 6.16. The number of nitrogens with zero attached hydrogens (tertiary/aromatic N) is 1. The topological polar surface area (TPSA) is 52.5 Å². The van der Waals surface area contributed by atoms with E-state index in [0.717, 1.165) is 0 Å². The minimum absolute atomic E-state index is 0.159. The third-order valence-corrected chi connectivity index (χ3v) is 3.31. The molecule has 1 aromatic rings. The second kappa shape index (κ2) is 5.42. The van der Waals surface area contributed by atoms with Crippen LogP contribution in [0.2, 0.25) is 0 Å². The van der Waals surface area contributed by atoms with Crippen LogP contribution in [0.4, 0.5) is 4.39 Å². The highest BCUT2D eigenvalue weighted by atomic mass is 32.2. The van der Waals surface area contributed by atoms with E-state index >= 15 is 0 Å². The van der Waals surface area contributed by atoms with Crippen molar-refractivity contribution in [3.63, 3.8) is 0 Å². The van der Waals surface area contributed by atoms with E-state index in [1.54, 1.807) is 20.8 Å². The van der Waals surface area contributed by atoms with Crippen molar-refractivity contribution < 1.29 is 13.7 Å². The summed E-state index contributed by atoms with van der Waals surface area (Å²) in [5, 5.41) is 0. The lowest BCUT2D eigenvalue weighted by molar-refractivity contribution is 0.112. The Labute approximate surface area is 103 Å². The van der Waals surface area contributed by atoms with Crippen molar-refractivity contribution in [2.45, 2.75) is 25.5 Å². The molecule has 1 aromatic carbocycles. The van der Waals surface area contributed by atoms with E-state index in [0.29, 0.717) is 11.8 Å². The molecular formula is C12H14FNO2S. The maximum atomic E-state index is 13.3. The summed E-state index contributed by atoms with van der Waals surface area (Å²) in [5.74, 6) is -0.495. The molecule has 0 bridgehead atoms. The fraction of sp³-hybridized carbons (Fsp3) is 0.333. The lowest BCUT2D eigenvalue weighted by Crippen LogP contribution is -2.25. The first-order chi connectivity index (χ1) is 7.84. The normalized spacial score (nSPS) is 13.9. The molecule has 0 amide bonds. The molecule has 1 atom stereocenters. The Morgan fingerprint density at radius 3 is 2.59 bits per heavy atom. The van der Waals surface area contributed by atoms with Crippen molar-refractivity contribution in [2.24, 2.45) is 4.40 Å². The van der Waals surface area contributed by atoms with Gasteiger partial charge < -0.3 is 4.55 Å². The van der Waals surface area contributed by atoms with E-state index in [4.69, 9.17) is 0 Å². The number of aldehydes is 1. The van der Waals surface area contributed by atoms with Crippen LogP contribution >= 0.6 is 0 Å². The molecule has 0 aliphatic rings. The Kier molecular flexibility index (Phi) is 4.42. The molecule has 0 radical (unpaired) electrons. The maximum Gasteiger partial charge on any atom is 0.150 e. The van der Waals surface area contributed by atoms with Gasteiger partial charge in [0.25, 0.3) is 0 Å². The zero-order chi connectivity index (χ0) is 13.1. The highest BCUT2D eigenvalue weighted by molar-refractivity contribution is 7.91. The Bertz CT molecular complexity index is 441. The van der Waals surface area contributed by atoms with Gasteiger partial charge in [-0.25, -0.2) is 4.39 Å². The molecule has 1 rings (SSSR count). The van der Waals surface area contributed by atoms with Gasteiger partial charge in [0.05, 0.1) is 6.21 Å². The number of hydrogen-bond donors (Lipinski definition) is 0. The van der Waals surface area contributed by atoms with Crippen LogP contribution < -0.4 is 0 Å². The average Bonchev–Trinajstić information content (AvgIpc) is 2.26. The summed E-state index contributed by atoms with van der Waals surface area (Å²) in [6.07, 6.45) is 1.82. The fourth-order valence-electron chi connectivity index (χ4n) is 0.997. The quantitative estimate of drug-likeness (QED) is 0.473.